The number of hydrogen-bond acceptors (Lipinski definition) is 3. The SMILES string of the molecule is CCOC1(C(=O)N(C)[C@H]2CCO[C@H](c3ccc(F)cc3)C2)CCCC1. The van der Waals surface area contributed by atoms with Gasteiger partial charge < -0.3 is 14.4 Å². The highest BCUT2D eigenvalue weighted by Crippen LogP contribution is 2.37. The second-order valence-electron chi connectivity index (χ2n) is 7.14. The van der Waals surface area contributed by atoms with Gasteiger partial charge >= 0.3 is 0 Å². The van der Waals surface area contributed by atoms with Crippen LogP contribution < -0.4 is 0 Å². The molecule has 0 spiro atoms. The van der Waals surface area contributed by atoms with Crippen molar-refractivity contribution < 1.29 is 18.7 Å². The first-order valence-electron chi connectivity index (χ1n) is 9.34. The highest BCUT2D eigenvalue weighted by atomic mass is 19.1. The molecule has 1 amide bonds. The zero-order valence-corrected chi connectivity index (χ0v) is 15.2. The summed E-state index contributed by atoms with van der Waals surface area (Å²) >= 11 is 0. The van der Waals surface area contributed by atoms with Crippen molar-refractivity contribution in [2.75, 3.05) is 20.3 Å². The Morgan fingerprint density at radius 2 is 2.00 bits per heavy atom. The van der Waals surface area contributed by atoms with Gasteiger partial charge in [0.25, 0.3) is 5.91 Å². The summed E-state index contributed by atoms with van der Waals surface area (Å²) in [6, 6.07) is 6.57. The van der Waals surface area contributed by atoms with E-state index < -0.39 is 5.60 Å². The van der Waals surface area contributed by atoms with Crippen LogP contribution in [0.3, 0.4) is 0 Å². The Morgan fingerprint density at radius 3 is 2.64 bits per heavy atom. The number of benzene rings is 1. The predicted octanol–water partition coefficient (Wildman–Crippen LogP) is 3.85. The molecular weight excluding hydrogens is 321 g/mol. The molecule has 4 nitrogen and oxygen atoms in total. The van der Waals surface area contributed by atoms with Crippen LogP contribution in [0.2, 0.25) is 0 Å². The van der Waals surface area contributed by atoms with Gasteiger partial charge in [-0.3, -0.25) is 4.79 Å². The molecule has 3 rings (SSSR count). The molecule has 1 saturated heterocycles. The smallest absolute Gasteiger partial charge is 0.254 e. The van der Waals surface area contributed by atoms with E-state index in [0.717, 1.165) is 44.1 Å². The first-order valence-corrected chi connectivity index (χ1v) is 9.34. The maximum absolute atomic E-state index is 13.2. The molecule has 0 aromatic heterocycles. The van der Waals surface area contributed by atoms with Crippen LogP contribution in [0.1, 0.15) is 57.1 Å². The molecular formula is C20H28FNO3. The fraction of sp³-hybridized carbons (Fsp3) is 0.650. The summed E-state index contributed by atoms with van der Waals surface area (Å²) in [5.41, 5.74) is 0.333. The van der Waals surface area contributed by atoms with E-state index >= 15 is 0 Å². The van der Waals surface area contributed by atoms with Gasteiger partial charge in [-0.05, 0) is 63.1 Å². The van der Waals surface area contributed by atoms with Crippen LogP contribution in [0.15, 0.2) is 24.3 Å². The third kappa shape index (κ3) is 3.87. The van der Waals surface area contributed by atoms with Crippen molar-refractivity contribution in [2.24, 2.45) is 0 Å². The number of hydrogen-bond donors (Lipinski definition) is 0. The van der Waals surface area contributed by atoms with Gasteiger partial charge in [-0.15, -0.1) is 0 Å². The Hall–Kier alpha value is -1.46. The molecule has 2 fully saturated rings. The lowest BCUT2D eigenvalue weighted by molar-refractivity contribution is -0.161. The largest absolute Gasteiger partial charge is 0.373 e. The lowest BCUT2D eigenvalue weighted by Gasteiger charge is -2.40. The van der Waals surface area contributed by atoms with E-state index in [9.17, 15) is 9.18 Å². The lowest BCUT2D eigenvalue weighted by Crippen LogP contribution is -2.52. The van der Waals surface area contributed by atoms with Crippen LogP contribution in [0.4, 0.5) is 4.39 Å². The minimum Gasteiger partial charge on any atom is -0.373 e. The van der Waals surface area contributed by atoms with E-state index in [-0.39, 0.29) is 23.9 Å². The quantitative estimate of drug-likeness (QED) is 0.810. The van der Waals surface area contributed by atoms with Gasteiger partial charge in [0, 0.05) is 26.3 Å². The van der Waals surface area contributed by atoms with Gasteiger partial charge in [-0.2, -0.15) is 0 Å². The molecule has 2 atom stereocenters. The van der Waals surface area contributed by atoms with Crippen molar-refractivity contribution in [1.29, 1.82) is 0 Å². The van der Waals surface area contributed by atoms with Crippen molar-refractivity contribution in [1.82, 2.24) is 4.90 Å². The minimum absolute atomic E-state index is 0.0961. The summed E-state index contributed by atoms with van der Waals surface area (Å²) in [5.74, 6) is -0.139. The molecule has 0 radical (unpaired) electrons. The maximum Gasteiger partial charge on any atom is 0.254 e. The molecule has 1 heterocycles. The standard InChI is InChI=1S/C20H28FNO3/c1-3-25-20(11-4-5-12-20)19(23)22(2)17-10-13-24-18(14-17)15-6-8-16(21)9-7-15/h6-9,17-18H,3-5,10-14H2,1-2H3/t17-,18-/m0/s1. The van der Waals surface area contributed by atoms with Gasteiger partial charge in [0.2, 0.25) is 0 Å². The van der Waals surface area contributed by atoms with E-state index in [1.54, 1.807) is 12.1 Å². The highest BCUT2D eigenvalue weighted by molar-refractivity contribution is 5.85. The highest BCUT2D eigenvalue weighted by Gasteiger charge is 2.45. The first kappa shape index (κ1) is 18.3. The Kier molecular flexibility index (Phi) is 5.74. The fourth-order valence-corrected chi connectivity index (χ4v) is 4.17. The Morgan fingerprint density at radius 1 is 1.32 bits per heavy atom. The normalized spacial score (nSPS) is 25.7. The Bertz CT molecular complexity index is 583. The molecule has 1 aromatic rings. The topological polar surface area (TPSA) is 38.8 Å². The average molecular weight is 349 g/mol. The second kappa shape index (κ2) is 7.83. The molecule has 138 valence electrons. The number of carbonyl (C=O) groups excluding carboxylic acids is 1. The third-order valence-corrected chi connectivity index (χ3v) is 5.59. The van der Waals surface area contributed by atoms with E-state index in [0.29, 0.717) is 13.2 Å². The number of carbonyl (C=O) groups is 1. The zero-order valence-electron chi connectivity index (χ0n) is 15.2. The van der Waals surface area contributed by atoms with Crippen LogP contribution in [0, 0.1) is 5.82 Å². The lowest BCUT2D eigenvalue weighted by atomic mass is 9.94. The minimum atomic E-state index is -0.632. The van der Waals surface area contributed by atoms with Gasteiger partial charge in [0.05, 0.1) is 6.10 Å². The second-order valence-corrected chi connectivity index (χ2v) is 7.14. The molecule has 2 aliphatic rings. The van der Waals surface area contributed by atoms with Gasteiger partial charge in [-0.25, -0.2) is 4.39 Å². The Balaban J connectivity index is 1.69. The molecule has 1 saturated carbocycles. The first-order chi connectivity index (χ1) is 12.1. The zero-order chi connectivity index (χ0) is 17.9. The molecule has 25 heavy (non-hydrogen) atoms. The average Bonchev–Trinajstić information content (AvgIpc) is 3.11. The van der Waals surface area contributed by atoms with Crippen LogP contribution in [0.25, 0.3) is 0 Å². The van der Waals surface area contributed by atoms with Gasteiger partial charge in [-0.1, -0.05) is 12.1 Å². The summed E-state index contributed by atoms with van der Waals surface area (Å²) in [5, 5.41) is 0. The fourth-order valence-electron chi connectivity index (χ4n) is 4.17. The number of nitrogens with zero attached hydrogens (tertiary/aromatic N) is 1. The molecule has 1 aromatic carbocycles. The summed E-state index contributed by atoms with van der Waals surface area (Å²) in [4.78, 5) is 15.0. The maximum atomic E-state index is 13.2. The van der Waals surface area contributed by atoms with Crippen molar-refractivity contribution in [3.05, 3.63) is 35.6 Å². The molecule has 0 bridgehead atoms. The number of halogens is 1. The van der Waals surface area contributed by atoms with E-state index in [1.165, 1.54) is 12.1 Å². The Labute approximate surface area is 149 Å². The number of amides is 1. The predicted molar refractivity (Wildman–Crippen MR) is 93.7 cm³/mol. The molecule has 1 aliphatic carbocycles. The molecule has 1 aliphatic heterocycles. The van der Waals surface area contributed by atoms with Crippen LogP contribution in [-0.4, -0.2) is 42.7 Å². The third-order valence-electron chi connectivity index (χ3n) is 5.59. The molecule has 0 unspecified atom stereocenters. The van der Waals surface area contributed by atoms with Gasteiger partial charge in [0.15, 0.2) is 0 Å². The van der Waals surface area contributed by atoms with E-state index in [2.05, 4.69) is 0 Å². The van der Waals surface area contributed by atoms with E-state index in [4.69, 9.17) is 9.47 Å². The number of likely N-dealkylation sites (N-methyl/N-ethyl adjacent to an activating group) is 1. The van der Waals surface area contributed by atoms with E-state index in [1.807, 2.05) is 18.9 Å². The number of rotatable bonds is 5. The van der Waals surface area contributed by atoms with Crippen LogP contribution in [0.5, 0.6) is 0 Å². The monoisotopic (exact) mass is 349 g/mol. The van der Waals surface area contributed by atoms with Crippen LogP contribution >= 0.6 is 0 Å². The summed E-state index contributed by atoms with van der Waals surface area (Å²) in [7, 11) is 1.89. The van der Waals surface area contributed by atoms with Gasteiger partial charge in [0.1, 0.15) is 11.4 Å². The molecule has 5 heteroatoms. The molecule has 0 N–H and O–H groups in total. The summed E-state index contributed by atoms with van der Waals surface area (Å²) < 4.78 is 24.9. The summed E-state index contributed by atoms with van der Waals surface area (Å²) in [6.45, 7) is 3.11. The van der Waals surface area contributed by atoms with Crippen molar-refractivity contribution in [2.45, 2.75) is 63.2 Å². The van der Waals surface area contributed by atoms with Crippen LogP contribution in [-0.2, 0) is 14.3 Å². The number of ether oxygens (including phenoxy) is 2. The van der Waals surface area contributed by atoms with Crippen molar-refractivity contribution in [3.8, 4) is 0 Å². The van der Waals surface area contributed by atoms with Crippen molar-refractivity contribution >= 4 is 5.91 Å². The summed E-state index contributed by atoms with van der Waals surface area (Å²) in [6.07, 6.45) is 5.18. The van der Waals surface area contributed by atoms with Crippen molar-refractivity contribution in [3.63, 3.8) is 0 Å².